The Morgan fingerprint density at radius 2 is 2.37 bits per heavy atom. The first kappa shape index (κ1) is 12.7. The van der Waals surface area contributed by atoms with Crippen molar-refractivity contribution < 1.29 is 0 Å². The van der Waals surface area contributed by atoms with E-state index in [1.807, 2.05) is 11.8 Å². The zero-order chi connectivity index (χ0) is 13.1. The topological polar surface area (TPSA) is 68.5 Å². The molecule has 1 saturated heterocycles. The fourth-order valence-electron chi connectivity index (χ4n) is 1.89. The average Bonchev–Trinajstić information content (AvgIpc) is 3.09. The maximum absolute atomic E-state index is 5.92. The molecule has 0 saturated carbocycles. The SMILES string of the molecule is Clc1nc(NCC2CCSC2)nc(-n2ccnc2)n1. The van der Waals surface area contributed by atoms with E-state index in [2.05, 4.69) is 25.3 Å². The van der Waals surface area contributed by atoms with Gasteiger partial charge in [0.05, 0.1) is 0 Å². The Balaban J connectivity index is 1.74. The Bertz CT molecular complexity index is 540. The molecule has 1 atom stereocenters. The van der Waals surface area contributed by atoms with E-state index in [-0.39, 0.29) is 5.28 Å². The fourth-order valence-corrected chi connectivity index (χ4v) is 3.33. The van der Waals surface area contributed by atoms with Gasteiger partial charge in [-0.1, -0.05) is 0 Å². The Labute approximate surface area is 120 Å². The predicted octanol–water partition coefficient (Wildman–Crippen LogP) is 1.88. The first-order valence-electron chi connectivity index (χ1n) is 6.03. The molecule has 1 aliphatic rings. The number of nitrogens with zero attached hydrogens (tertiary/aromatic N) is 5. The van der Waals surface area contributed by atoms with E-state index in [9.17, 15) is 0 Å². The number of halogens is 1. The van der Waals surface area contributed by atoms with E-state index in [0.717, 1.165) is 6.54 Å². The fraction of sp³-hybridized carbons (Fsp3) is 0.455. The Morgan fingerprint density at radius 1 is 1.42 bits per heavy atom. The molecule has 100 valence electrons. The van der Waals surface area contributed by atoms with Crippen LogP contribution in [0.4, 0.5) is 5.95 Å². The zero-order valence-corrected chi connectivity index (χ0v) is 11.7. The molecule has 6 nitrogen and oxygen atoms in total. The van der Waals surface area contributed by atoms with Crippen LogP contribution in [0.5, 0.6) is 0 Å². The Morgan fingerprint density at radius 3 is 3.11 bits per heavy atom. The van der Waals surface area contributed by atoms with Crippen LogP contribution in [-0.4, -0.2) is 42.6 Å². The standard InChI is InChI=1S/C11H13ClN6S/c12-9-15-10(14-5-8-1-4-19-6-8)17-11(16-9)18-3-2-13-7-18/h2-3,7-8H,1,4-6H2,(H,14,15,16,17). The quantitative estimate of drug-likeness (QED) is 0.929. The number of anilines is 1. The largest absolute Gasteiger partial charge is 0.354 e. The first-order chi connectivity index (χ1) is 9.31. The number of hydrogen-bond acceptors (Lipinski definition) is 6. The molecule has 8 heteroatoms. The lowest BCUT2D eigenvalue weighted by Crippen LogP contribution is -2.16. The van der Waals surface area contributed by atoms with Crippen molar-refractivity contribution in [1.82, 2.24) is 24.5 Å². The normalized spacial score (nSPS) is 18.7. The number of rotatable bonds is 4. The monoisotopic (exact) mass is 296 g/mol. The maximum atomic E-state index is 5.92. The summed E-state index contributed by atoms with van der Waals surface area (Å²) in [5.74, 6) is 4.10. The van der Waals surface area contributed by atoms with Crippen molar-refractivity contribution in [2.45, 2.75) is 6.42 Å². The summed E-state index contributed by atoms with van der Waals surface area (Å²) in [4.78, 5) is 16.5. The number of hydrogen-bond donors (Lipinski definition) is 1. The summed E-state index contributed by atoms with van der Waals surface area (Å²) in [6, 6.07) is 0. The van der Waals surface area contributed by atoms with Gasteiger partial charge < -0.3 is 5.32 Å². The van der Waals surface area contributed by atoms with Crippen LogP contribution in [-0.2, 0) is 0 Å². The molecular formula is C11H13ClN6S. The third-order valence-electron chi connectivity index (χ3n) is 2.90. The molecule has 0 spiro atoms. The van der Waals surface area contributed by atoms with Crippen LogP contribution in [0.2, 0.25) is 5.28 Å². The van der Waals surface area contributed by atoms with Gasteiger partial charge >= 0.3 is 0 Å². The van der Waals surface area contributed by atoms with Gasteiger partial charge in [0.15, 0.2) is 0 Å². The lowest BCUT2D eigenvalue weighted by molar-refractivity contribution is 0.628. The third kappa shape index (κ3) is 3.16. The van der Waals surface area contributed by atoms with Crippen LogP contribution in [0, 0.1) is 5.92 Å². The molecule has 0 aromatic carbocycles. The highest BCUT2D eigenvalue weighted by molar-refractivity contribution is 7.99. The van der Waals surface area contributed by atoms with Crippen LogP contribution in [0.1, 0.15) is 6.42 Å². The molecule has 19 heavy (non-hydrogen) atoms. The lowest BCUT2D eigenvalue weighted by Gasteiger charge is -2.10. The molecule has 2 aromatic heterocycles. The highest BCUT2D eigenvalue weighted by atomic mass is 35.5. The second-order valence-corrected chi connectivity index (χ2v) is 5.80. The molecule has 1 fully saturated rings. The third-order valence-corrected chi connectivity index (χ3v) is 4.31. The van der Waals surface area contributed by atoms with Gasteiger partial charge in [-0.25, -0.2) is 4.98 Å². The van der Waals surface area contributed by atoms with Crippen molar-refractivity contribution in [1.29, 1.82) is 0 Å². The minimum absolute atomic E-state index is 0.182. The van der Waals surface area contributed by atoms with Crippen molar-refractivity contribution in [3.05, 3.63) is 24.0 Å². The van der Waals surface area contributed by atoms with Crippen molar-refractivity contribution in [3.63, 3.8) is 0 Å². The van der Waals surface area contributed by atoms with Crippen molar-refractivity contribution in [2.75, 3.05) is 23.4 Å². The summed E-state index contributed by atoms with van der Waals surface area (Å²) >= 11 is 7.91. The summed E-state index contributed by atoms with van der Waals surface area (Å²) in [6.45, 7) is 0.872. The van der Waals surface area contributed by atoms with Crippen molar-refractivity contribution >= 4 is 29.3 Å². The second kappa shape index (κ2) is 5.75. The van der Waals surface area contributed by atoms with Gasteiger partial charge in [-0.2, -0.15) is 26.7 Å². The maximum Gasteiger partial charge on any atom is 0.241 e. The zero-order valence-electron chi connectivity index (χ0n) is 10.2. The van der Waals surface area contributed by atoms with Crippen LogP contribution in [0.3, 0.4) is 0 Å². The molecule has 3 heterocycles. The van der Waals surface area contributed by atoms with E-state index in [0.29, 0.717) is 17.8 Å². The van der Waals surface area contributed by atoms with E-state index >= 15 is 0 Å². The van der Waals surface area contributed by atoms with E-state index in [1.54, 1.807) is 23.3 Å². The average molecular weight is 297 g/mol. The van der Waals surface area contributed by atoms with E-state index in [4.69, 9.17) is 11.6 Å². The number of thioether (sulfide) groups is 1. The van der Waals surface area contributed by atoms with Gasteiger partial charge in [0.1, 0.15) is 6.33 Å². The van der Waals surface area contributed by atoms with E-state index in [1.165, 1.54) is 17.9 Å². The molecule has 3 rings (SSSR count). The van der Waals surface area contributed by atoms with Gasteiger partial charge in [-0.3, -0.25) is 4.57 Å². The minimum atomic E-state index is 0.182. The molecule has 0 radical (unpaired) electrons. The smallest absolute Gasteiger partial charge is 0.241 e. The van der Waals surface area contributed by atoms with Crippen LogP contribution < -0.4 is 5.32 Å². The number of imidazole rings is 1. The number of nitrogens with one attached hydrogen (secondary N) is 1. The van der Waals surface area contributed by atoms with Gasteiger partial charge in [0.2, 0.25) is 17.2 Å². The van der Waals surface area contributed by atoms with E-state index < -0.39 is 0 Å². The van der Waals surface area contributed by atoms with Crippen LogP contribution >= 0.6 is 23.4 Å². The minimum Gasteiger partial charge on any atom is -0.354 e. The van der Waals surface area contributed by atoms with Gasteiger partial charge in [-0.15, -0.1) is 0 Å². The molecule has 0 amide bonds. The Kier molecular flexibility index (Phi) is 3.84. The molecule has 0 aliphatic carbocycles. The van der Waals surface area contributed by atoms with Crippen molar-refractivity contribution in [2.24, 2.45) is 5.92 Å². The summed E-state index contributed by atoms with van der Waals surface area (Å²) in [6.07, 6.45) is 6.30. The summed E-state index contributed by atoms with van der Waals surface area (Å²) in [5, 5.41) is 3.42. The second-order valence-electron chi connectivity index (χ2n) is 4.31. The number of aromatic nitrogens is 5. The molecule has 1 N–H and O–H groups in total. The molecule has 0 bridgehead atoms. The lowest BCUT2D eigenvalue weighted by atomic mass is 10.1. The first-order valence-corrected chi connectivity index (χ1v) is 7.56. The Hall–Kier alpha value is -1.34. The molecule has 2 aromatic rings. The van der Waals surface area contributed by atoms with Crippen molar-refractivity contribution in [3.8, 4) is 5.95 Å². The summed E-state index contributed by atoms with van der Waals surface area (Å²) in [5.41, 5.74) is 0. The molecule has 1 unspecified atom stereocenters. The molecular weight excluding hydrogens is 284 g/mol. The van der Waals surface area contributed by atoms with Gasteiger partial charge in [0, 0.05) is 18.9 Å². The van der Waals surface area contributed by atoms with Crippen LogP contribution in [0.25, 0.3) is 5.95 Å². The van der Waals surface area contributed by atoms with Gasteiger partial charge in [-0.05, 0) is 35.4 Å². The van der Waals surface area contributed by atoms with Gasteiger partial charge in [0.25, 0.3) is 0 Å². The highest BCUT2D eigenvalue weighted by Crippen LogP contribution is 2.23. The highest BCUT2D eigenvalue weighted by Gasteiger charge is 2.16. The summed E-state index contributed by atoms with van der Waals surface area (Å²) in [7, 11) is 0. The molecule has 1 aliphatic heterocycles. The van der Waals surface area contributed by atoms with Crippen LogP contribution in [0.15, 0.2) is 18.7 Å². The predicted molar refractivity (Wildman–Crippen MR) is 75.9 cm³/mol. The summed E-state index contributed by atoms with van der Waals surface area (Å²) < 4.78 is 1.70.